The molecule has 1 aliphatic heterocycles. The molecule has 2 nitrogen and oxygen atoms in total. The third kappa shape index (κ3) is 4.52. The Bertz CT molecular complexity index is 136. The second-order valence-electron chi connectivity index (χ2n) is 3.76. The topological polar surface area (TPSA) is 15.3 Å². The summed E-state index contributed by atoms with van der Waals surface area (Å²) in [5.41, 5.74) is 0. The van der Waals surface area contributed by atoms with E-state index in [1.54, 1.807) is 11.9 Å². The van der Waals surface area contributed by atoms with E-state index in [9.17, 15) is 8.78 Å². The van der Waals surface area contributed by atoms with Gasteiger partial charge in [-0.3, -0.25) is 4.90 Å². The van der Waals surface area contributed by atoms with Gasteiger partial charge in [0.2, 0.25) is 0 Å². The Labute approximate surface area is 78.3 Å². The number of nitrogens with zero attached hydrogens (tertiary/aromatic N) is 1. The lowest BCUT2D eigenvalue weighted by molar-refractivity contribution is 0.0941. The highest BCUT2D eigenvalue weighted by molar-refractivity contribution is 4.75. The van der Waals surface area contributed by atoms with E-state index >= 15 is 0 Å². The second-order valence-corrected chi connectivity index (χ2v) is 3.76. The summed E-state index contributed by atoms with van der Waals surface area (Å²) in [6, 6.07) is 0.414. The summed E-state index contributed by atoms with van der Waals surface area (Å²) in [6.45, 7) is 1.66. The molecule has 1 atom stereocenters. The molecule has 0 aromatic rings. The van der Waals surface area contributed by atoms with Gasteiger partial charge >= 0.3 is 0 Å². The molecule has 0 aromatic carbocycles. The largest absolute Gasteiger partial charge is 0.313 e. The van der Waals surface area contributed by atoms with Gasteiger partial charge in [0.1, 0.15) is 0 Å². The molecule has 0 aromatic heterocycles. The lowest BCUT2D eigenvalue weighted by Crippen LogP contribution is -2.43. The Hall–Kier alpha value is -0.220. The first kappa shape index (κ1) is 10.9. The summed E-state index contributed by atoms with van der Waals surface area (Å²) in [5.74, 6) is 0. The molecular weight excluding hydrogens is 174 g/mol. The van der Waals surface area contributed by atoms with Crippen LogP contribution in [0, 0.1) is 0 Å². The number of piperidine rings is 1. The Morgan fingerprint density at radius 3 is 2.77 bits per heavy atom. The summed E-state index contributed by atoms with van der Waals surface area (Å²) >= 11 is 0. The van der Waals surface area contributed by atoms with Gasteiger partial charge in [-0.2, -0.15) is 0 Å². The molecule has 1 saturated heterocycles. The van der Waals surface area contributed by atoms with Crippen molar-refractivity contribution in [1.82, 2.24) is 10.2 Å². The zero-order chi connectivity index (χ0) is 9.68. The van der Waals surface area contributed by atoms with E-state index in [1.165, 1.54) is 12.8 Å². The number of nitrogens with one attached hydrogen (secondary N) is 1. The van der Waals surface area contributed by atoms with E-state index in [-0.39, 0.29) is 6.54 Å². The zero-order valence-corrected chi connectivity index (χ0v) is 8.10. The predicted molar refractivity (Wildman–Crippen MR) is 49.1 cm³/mol. The van der Waals surface area contributed by atoms with Gasteiger partial charge in [-0.15, -0.1) is 0 Å². The van der Waals surface area contributed by atoms with Crippen LogP contribution in [0.3, 0.4) is 0 Å². The summed E-state index contributed by atoms with van der Waals surface area (Å²) in [5, 5.41) is 3.34. The van der Waals surface area contributed by atoms with E-state index in [0.717, 1.165) is 19.5 Å². The molecule has 4 heteroatoms. The van der Waals surface area contributed by atoms with Crippen LogP contribution in [-0.4, -0.2) is 44.0 Å². The lowest BCUT2D eigenvalue weighted by atomic mass is 10.0. The average molecular weight is 192 g/mol. The van der Waals surface area contributed by atoms with Crippen molar-refractivity contribution in [3.63, 3.8) is 0 Å². The SMILES string of the molecule is CN(CC(F)F)CC1CCCCN1. The summed E-state index contributed by atoms with van der Waals surface area (Å²) < 4.78 is 24.0. The summed E-state index contributed by atoms with van der Waals surface area (Å²) in [7, 11) is 1.75. The van der Waals surface area contributed by atoms with Crippen molar-refractivity contribution < 1.29 is 8.78 Å². The van der Waals surface area contributed by atoms with Crippen LogP contribution in [0.5, 0.6) is 0 Å². The van der Waals surface area contributed by atoms with Gasteiger partial charge in [-0.25, -0.2) is 8.78 Å². The molecule has 1 fully saturated rings. The van der Waals surface area contributed by atoms with Crippen LogP contribution in [0.25, 0.3) is 0 Å². The van der Waals surface area contributed by atoms with Crippen molar-refractivity contribution in [3.8, 4) is 0 Å². The van der Waals surface area contributed by atoms with Crippen LogP contribution in [0.4, 0.5) is 8.78 Å². The van der Waals surface area contributed by atoms with Gasteiger partial charge in [-0.1, -0.05) is 6.42 Å². The van der Waals surface area contributed by atoms with Crippen LogP contribution < -0.4 is 5.32 Å². The molecule has 0 radical (unpaired) electrons. The lowest BCUT2D eigenvalue weighted by Gasteiger charge is -2.27. The smallest absolute Gasteiger partial charge is 0.251 e. The third-order valence-electron chi connectivity index (χ3n) is 2.39. The fourth-order valence-electron chi connectivity index (χ4n) is 1.77. The van der Waals surface area contributed by atoms with E-state index in [1.807, 2.05) is 0 Å². The molecule has 0 saturated carbocycles. The fourth-order valence-corrected chi connectivity index (χ4v) is 1.77. The number of rotatable bonds is 4. The van der Waals surface area contributed by atoms with Crippen molar-refractivity contribution in [2.24, 2.45) is 0 Å². The van der Waals surface area contributed by atoms with Crippen LogP contribution in [-0.2, 0) is 0 Å². The van der Waals surface area contributed by atoms with Crippen molar-refractivity contribution in [2.75, 3.05) is 26.7 Å². The highest BCUT2D eigenvalue weighted by Crippen LogP contribution is 2.08. The molecule has 0 bridgehead atoms. The summed E-state index contributed by atoms with van der Waals surface area (Å²) in [6.07, 6.45) is 1.34. The molecule has 78 valence electrons. The van der Waals surface area contributed by atoms with Gasteiger partial charge in [0.15, 0.2) is 0 Å². The first-order valence-corrected chi connectivity index (χ1v) is 4.88. The standard InChI is InChI=1S/C9H18F2N2/c1-13(7-9(10)11)6-8-4-2-3-5-12-8/h8-9,12H,2-7H2,1H3. The number of halogens is 2. The van der Waals surface area contributed by atoms with Crippen molar-refractivity contribution >= 4 is 0 Å². The molecule has 13 heavy (non-hydrogen) atoms. The second kappa shape index (κ2) is 5.50. The third-order valence-corrected chi connectivity index (χ3v) is 2.39. The van der Waals surface area contributed by atoms with Crippen LogP contribution in [0.1, 0.15) is 19.3 Å². The van der Waals surface area contributed by atoms with E-state index in [2.05, 4.69) is 5.32 Å². The minimum Gasteiger partial charge on any atom is -0.313 e. The summed E-state index contributed by atoms with van der Waals surface area (Å²) in [4.78, 5) is 1.70. The fraction of sp³-hybridized carbons (Fsp3) is 1.00. The zero-order valence-electron chi connectivity index (χ0n) is 8.10. The van der Waals surface area contributed by atoms with Crippen LogP contribution >= 0.6 is 0 Å². The van der Waals surface area contributed by atoms with Gasteiger partial charge < -0.3 is 5.32 Å². The number of alkyl halides is 2. The molecule has 0 amide bonds. The first-order chi connectivity index (χ1) is 6.18. The van der Waals surface area contributed by atoms with E-state index < -0.39 is 6.43 Å². The number of likely N-dealkylation sites (N-methyl/N-ethyl adjacent to an activating group) is 1. The molecule has 1 aliphatic rings. The van der Waals surface area contributed by atoms with Gasteiger partial charge in [0.25, 0.3) is 6.43 Å². The van der Waals surface area contributed by atoms with Gasteiger partial charge in [-0.05, 0) is 26.4 Å². The molecular formula is C9H18F2N2. The Kier molecular flexibility index (Phi) is 4.59. The van der Waals surface area contributed by atoms with Crippen LogP contribution in [0.2, 0.25) is 0 Å². The Morgan fingerprint density at radius 2 is 2.23 bits per heavy atom. The normalized spacial score (nSPS) is 24.2. The van der Waals surface area contributed by atoms with Crippen molar-refractivity contribution in [2.45, 2.75) is 31.7 Å². The van der Waals surface area contributed by atoms with Crippen molar-refractivity contribution in [3.05, 3.63) is 0 Å². The first-order valence-electron chi connectivity index (χ1n) is 4.88. The molecule has 0 aliphatic carbocycles. The van der Waals surface area contributed by atoms with Crippen LogP contribution in [0.15, 0.2) is 0 Å². The van der Waals surface area contributed by atoms with Crippen molar-refractivity contribution in [1.29, 1.82) is 0 Å². The molecule has 1 heterocycles. The average Bonchev–Trinajstić information content (AvgIpc) is 2.04. The highest BCUT2D eigenvalue weighted by atomic mass is 19.3. The number of hydrogen-bond acceptors (Lipinski definition) is 2. The maximum Gasteiger partial charge on any atom is 0.251 e. The Morgan fingerprint density at radius 1 is 1.46 bits per heavy atom. The minimum absolute atomic E-state index is 0.113. The predicted octanol–water partition coefficient (Wildman–Crippen LogP) is 1.33. The molecule has 1 N–H and O–H groups in total. The van der Waals surface area contributed by atoms with E-state index in [0.29, 0.717) is 6.04 Å². The van der Waals surface area contributed by atoms with Gasteiger partial charge in [0.05, 0.1) is 6.54 Å². The molecule has 1 unspecified atom stereocenters. The van der Waals surface area contributed by atoms with Gasteiger partial charge in [0, 0.05) is 12.6 Å². The maximum atomic E-state index is 12.0. The quantitative estimate of drug-likeness (QED) is 0.722. The van der Waals surface area contributed by atoms with E-state index in [4.69, 9.17) is 0 Å². The monoisotopic (exact) mass is 192 g/mol. The Balaban J connectivity index is 2.14. The highest BCUT2D eigenvalue weighted by Gasteiger charge is 2.16. The molecule has 1 rings (SSSR count). The maximum absolute atomic E-state index is 12.0. The minimum atomic E-state index is -2.21. The molecule has 0 spiro atoms. The number of hydrogen-bond donors (Lipinski definition) is 1.